The van der Waals surface area contributed by atoms with Crippen LogP contribution in [0.4, 0.5) is 4.79 Å². The molecule has 0 aliphatic carbocycles. The van der Waals surface area contributed by atoms with Gasteiger partial charge in [0.25, 0.3) is 5.91 Å². The summed E-state index contributed by atoms with van der Waals surface area (Å²) in [4.78, 5) is 50.0. The minimum absolute atomic E-state index is 0.152. The van der Waals surface area contributed by atoms with E-state index in [9.17, 15) is 29.4 Å². The van der Waals surface area contributed by atoms with E-state index in [1.807, 2.05) is 0 Å². The van der Waals surface area contributed by atoms with Gasteiger partial charge in [0.05, 0.1) is 13.1 Å². The van der Waals surface area contributed by atoms with Crippen molar-refractivity contribution in [3.63, 3.8) is 0 Å². The van der Waals surface area contributed by atoms with E-state index in [0.29, 0.717) is 0 Å². The Hall–Kier alpha value is -2.72. The highest BCUT2D eigenvalue weighted by atomic mass is 16.5. The summed E-state index contributed by atoms with van der Waals surface area (Å²) in [5, 5.41) is 20.1. The van der Waals surface area contributed by atoms with Crippen LogP contribution < -0.4 is 0 Å². The van der Waals surface area contributed by atoms with Crippen LogP contribution in [-0.4, -0.2) is 87.9 Å². The van der Waals surface area contributed by atoms with Crippen molar-refractivity contribution in [1.82, 2.24) is 9.80 Å². The number of urea groups is 1. The van der Waals surface area contributed by atoms with Gasteiger partial charge in [-0.05, 0) is 27.7 Å². The van der Waals surface area contributed by atoms with E-state index < -0.39 is 48.2 Å². The zero-order valence-corrected chi connectivity index (χ0v) is 17.1. The van der Waals surface area contributed by atoms with Gasteiger partial charge < -0.3 is 24.6 Å². The molecule has 162 valence electrons. The van der Waals surface area contributed by atoms with Crippen molar-refractivity contribution < 1.29 is 38.9 Å². The van der Waals surface area contributed by atoms with E-state index in [-0.39, 0.29) is 30.8 Å². The summed E-state index contributed by atoms with van der Waals surface area (Å²) >= 11 is 0. The molecular formula is C19H28N2O8. The number of aliphatic hydroxyl groups is 2. The Bertz CT molecular complexity index is 715. The van der Waals surface area contributed by atoms with Gasteiger partial charge in [-0.1, -0.05) is 13.2 Å². The highest BCUT2D eigenvalue weighted by Gasteiger charge is 2.51. The Morgan fingerprint density at radius 1 is 0.966 bits per heavy atom. The number of carbonyl (C=O) groups excluding carboxylic acids is 4. The first-order chi connectivity index (χ1) is 13.3. The maximum absolute atomic E-state index is 12.7. The Balaban J connectivity index is 2.73. The van der Waals surface area contributed by atoms with E-state index in [4.69, 9.17) is 9.47 Å². The predicted octanol–water partition coefficient (Wildman–Crippen LogP) is -0.0104. The number of carbonyl (C=O) groups is 4. The minimum atomic E-state index is -1.29. The molecule has 2 unspecified atom stereocenters. The van der Waals surface area contributed by atoms with Gasteiger partial charge in [0.2, 0.25) is 0 Å². The molecule has 2 N–H and O–H groups in total. The Labute approximate surface area is 169 Å². The summed E-state index contributed by atoms with van der Waals surface area (Å²) in [6, 6.07) is -0.726. The maximum Gasteiger partial charge on any atom is 0.333 e. The first-order valence-corrected chi connectivity index (χ1v) is 8.94. The fourth-order valence-corrected chi connectivity index (χ4v) is 2.50. The van der Waals surface area contributed by atoms with Crippen LogP contribution in [0.15, 0.2) is 24.3 Å². The predicted molar refractivity (Wildman–Crippen MR) is 101 cm³/mol. The number of hydrogen-bond acceptors (Lipinski definition) is 8. The third-order valence-corrected chi connectivity index (χ3v) is 4.20. The van der Waals surface area contributed by atoms with Crippen LogP contribution in [0, 0.1) is 0 Å². The van der Waals surface area contributed by atoms with Crippen LogP contribution in [0.25, 0.3) is 0 Å². The monoisotopic (exact) mass is 412 g/mol. The fraction of sp³-hybridized carbons (Fsp3) is 0.579. The quantitative estimate of drug-likeness (QED) is 0.291. The van der Waals surface area contributed by atoms with Gasteiger partial charge >= 0.3 is 18.0 Å². The zero-order valence-electron chi connectivity index (χ0n) is 17.1. The van der Waals surface area contributed by atoms with Crippen molar-refractivity contribution in [3.05, 3.63) is 24.3 Å². The molecular weight excluding hydrogens is 384 g/mol. The standard InChI is InChI=1S/C19H28N2O8/c1-11(2)15(24)28-9-13(22)7-20-17(26)19(5,6)21(18(20)27)8-14(23)10-29-16(25)12(3)4/h13-14,22-23H,1,3,7-10H2,2,4-6H3. The molecule has 10 nitrogen and oxygen atoms in total. The van der Waals surface area contributed by atoms with Crippen molar-refractivity contribution in [2.24, 2.45) is 0 Å². The summed E-state index contributed by atoms with van der Waals surface area (Å²) in [6.45, 7) is 11.3. The van der Waals surface area contributed by atoms with Gasteiger partial charge in [-0.2, -0.15) is 0 Å². The number of nitrogens with zero attached hydrogens (tertiary/aromatic N) is 2. The van der Waals surface area contributed by atoms with Gasteiger partial charge in [0.1, 0.15) is 31.0 Å². The molecule has 1 aliphatic heterocycles. The molecule has 0 saturated carbocycles. The second kappa shape index (κ2) is 9.66. The molecule has 1 aliphatic rings. The van der Waals surface area contributed by atoms with Crippen LogP contribution in [0.3, 0.4) is 0 Å². The molecule has 10 heteroatoms. The third kappa shape index (κ3) is 6.13. The lowest BCUT2D eigenvalue weighted by atomic mass is 10.0. The number of rotatable bonds is 10. The molecule has 29 heavy (non-hydrogen) atoms. The van der Waals surface area contributed by atoms with Gasteiger partial charge in [0.15, 0.2) is 0 Å². The molecule has 0 aromatic rings. The highest BCUT2D eigenvalue weighted by molar-refractivity contribution is 6.06. The molecule has 1 heterocycles. The average Bonchev–Trinajstić information content (AvgIpc) is 2.78. The summed E-state index contributed by atoms with van der Waals surface area (Å²) in [7, 11) is 0. The summed E-state index contributed by atoms with van der Waals surface area (Å²) in [5.74, 6) is -1.96. The highest BCUT2D eigenvalue weighted by Crippen LogP contribution is 2.28. The molecule has 0 aromatic carbocycles. The van der Waals surface area contributed by atoms with Crippen LogP contribution in [0.1, 0.15) is 27.7 Å². The summed E-state index contributed by atoms with van der Waals surface area (Å²) in [5.41, 5.74) is -0.971. The second-order valence-corrected chi connectivity index (χ2v) is 7.43. The minimum Gasteiger partial charge on any atom is -0.460 e. The van der Waals surface area contributed by atoms with Crippen molar-refractivity contribution in [2.75, 3.05) is 26.3 Å². The van der Waals surface area contributed by atoms with Crippen LogP contribution >= 0.6 is 0 Å². The lowest BCUT2D eigenvalue weighted by Gasteiger charge is -2.29. The van der Waals surface area contributed by atoms with E-state index in [0.717, 1.165) is 9.80 Å². The van der Waals surface area contributed by atoms with Gasteiger partial charge in [-0.3, -0.25) is 9.69 Å². The molecule has 0 radical (unpaired) electrons. The zero-order chi connectivity index (χ0) is 22.5. The fourth-order valence-electron chi connectivity index (χ4n) is 2.50. The number of hydrogen-bond donors (Lipinski definition) is 2. The summed E-state index contributed by atoms with van der Waals surface area (Å²) in [6.07, 6.45) is -2.51. The van der Waals surface area contributed by atoms with E-state index in [1.165, 1.54) is 27.7 Å². The van der Waals surface area contributed by atoms with Crippen molar-refractivity contribution in [2.45, 2.75) is 45.4 Å². The lowest BCUT2D eigenvalue weighted by molar-refractivity contribution is -0.143. The maximum atomic E-state index is 12.7. The molecule has 0 spiro atoms. The number of β-amino-alcohol motifs (C(OH)–C–C–N with tert-alkyl or cyclic N) is 2. The van der Waals surface area contributed by atoms with E-state index in [2.05, 4.69) is 13.2 Å². The number of aliphatic hydroxyl groups excluding tert-OH is 2. The number of ether oxygens (including phenoxy) is 2. The largest absolute Gasteiger partial charge is 0.460 e. The second-order valence-electron chi connectivity index (χ2n) is 7.43. The smallest absolute Gasteiger partial charge is 0.333 e. The number of imide groups is 1. The SMILES string of the molecule is C=C(C)C(=O)OCC(O)CN1C(=O)N(CC(O)COC(=O)C(=C)C)C(C)(C)C1=O. The van der Waals surface area contributed by atoms with E-state index >= 15 is 0 Å². The van der Waals surface area contributed by atoms with Crippen molar-refractivity contribution >= 4 is 23.9 Å². The van der Waals surface area contributed by atoms with Gasteiger partial charge in [-0.15, -0.1) is 0 Å². The molecule has 1 fully saturated rings. The number of amides is 3. The molecule has 1 saturated heterocycles. The van der Waals surface area contributed by atoms with E-state index in [1.54, 1.807) is 0 Å². The lowest BCUT2D eigenvalue weighted by Crippen LogP contribution is -2.48. The van der Waals surface area contributed by atoms with Gasteiger partial charge in [-0.25, -0.2) is 14.4 Å². The molecule has 1 rings (SSSR count). The van der Waals surface area contributed by atoms with Crippen molar-refractivity contribution in [3.8, 4) is 0 Å². The number of esters is 2. The Morgan fingerprint density at radius 3 is 1.79 bits per heavy atom. The first kappa shape index (κ1) is 24.3. The topological polar surface area (TPSA) is 134 Å². The third-order valence-electron chi connectivity index (χ3n) is 4.20. The van der Waals surface area contributed by atoms with Crippen LogP contribution in [-0.2, 0) is 23.9 Å². The molecule has 0 aromatic heterocycles. The Morgan fingerprint density at radius 2 is 1.38 bits per heavy atom. The normalized spacial score (nSPS) is 17.7. The molecule has 3 amide bonds. The summed E-state index contributed by atoms with van der Waals surface area (Å²) < 4.78 is 9.67. The van der Waals surface area contributed by atoms with Gasteiger partial charge in [0, 0.05) is 11.1 Å². The Kier molecular flexibility index (Phi) is 8.10. The molecule has 2 atom stereocenters. The van der Waals surface area contributed by atoms with Crippen LogP contribution in [0.2, 0.25) is 0 Å². The average molecular weight is 412 g/mol. The first-order valence-electron chi connectivity index (χ1n) is 8.94. The van der Waals surface area contributed by atoms with Crippen LogP contribution in [0.5, 0.6) is 0 Å². The van der Waals surface area contributed by atoms with Crippen molar-refractivity contribution in [1.29, 1.82) is 0 Å². The molecule has 0 bridgehead atoms.